The van der Waals surface area contributed by atoms with Gasteiger partial charge in [-0.25, -0.2) is 13.1 Å². The predicted octanol–water partition coefficient (Wildman–Crippen LogP) is 2.12. The maximum atomic E-state index is 11.9. The summed E-state index contributed by atoms with van der Waals surface area (Å²) in [4.78, 5) is 2.62. The minimum absolute atomic E-state index is 0.132. The van der Waals surface area contributed by atoms with Gasteiger partial charge in [-0.2, -0.15) is 0 Å². The minimum atomic E-state index is -3.39. The largest absolute Gasteiger partial charge is 0.307 e. The van der Waals surface area contributed by atoms with Crippen molar-refractivity contribution in [2.45, 2.75) is 55.6 Å². The first kappa shape index (κ1) is 18.4. The van der Waals surface area contributed by atoms with Crippen molar-refractivity contribution in [1.82, 2.24) is 14.9 Å². The highest BCUT2D eigenvalue weighted by molar-refractivity contribution is 7.89. The fourth-order valence-corrected chi connectivity index (χ4v) is 4.09. The van der Waals surface area contributed by atoms with Gasteiger partial charge in [0, 0.05) is 18.1 Å². The molecule has 0 aliphatic heterocycles. The van der Waals surface area contributed by atoms with E-state index in [0.717, 1.165) is 12.0 Å². The summed E-state index contributed by atoms with van der Waals surface area (Å²) in [5.74, 6) is 0. The summed E-state index contributed by atoms with van der Waals surface area (Å²) in [6.07, 6.45) is 4.83. The van der Waals surface area contributed by atoms with E-state index in [1.807, 2.05) is 6.07 Å². The molecule has 0 spiro atoms. The standard InChI is InChI=1S/C17H29N3O2S/c1-13(19-15-8-6-9-16(12-15)20(3)4)14-7-5-10-17(11-14)23(21,22)18-2/h5,7,10-11,13,15-16,18-19H,6,8-9,12H2,1-4H3/t13-,15+,16+/m0/s1. The van der Waals surface area contributed by atoms with Crippen LogP contribution in [0.2, 0.25) is 0 Å². The second-order valence-electron chi connectivity index (χ2n) is 6.65. The van der Waals surface area contributed by atoms with E-state index >= 15 is 0 Å². The first-order valence-electron chi connectivity index (χ1n) is 8.29. The predicted molar refractivity (Wildman–Crippen MR) is 94.0 cm³/mol. The zero-order chi connectivity index (χ0) is 17.0. The molecule has 6 heteroatoms. The third-order valence-electron chi connectivity index (χ3n) is 4.80. The summed E-state index contributed by atoms with van der Waals surface area (Å²) in [5, 5.41) is 3.67. The minimum Gasteiger partial charge on any atom is -0.307 e. The first-order valence-corrected chi connectivity index (χ1v) is 9.78. The molecule has 1 saturated carbocycles. The van der Waals surface area contributed by atoms with Crippen LogP contribution in [0.15, 0.2) is 29.2 Å². The van der Waals surface area contributed by atoms with Crippen LogP contribution in [-0.2, 0) is 10.0 Å². The molecule has 2 N–H and O–H groups in total. The van der Waals surface area contributed by atoms with Crippen LogP contribution in [-0.4, -0.2) is 46.5 Å². The van der Waals surface area contributed by atoms with Gasteiger partial charge in [0.25, 0.3) is 0 Å². The molecule has 1 aromatic carbocycles. The molecule has 0 saturated heterocycles. The lowest BCUT2D eigenvalue weighted by Crippen LogP contribution is -2.42. The van der Waals surface area contributed by atoms with Gasteiger partial charge in [0.1, 0.15) is 0 Å². The number of hydrogen-bond acceptors (Lipinski definition) is 4. The van der Waals surface area contributed by atoms with Crippen molar-refractivity contribution < 1.29 is 8.42 Å². The molecule has 2 rings (SSSR count). The number of sulfonamides is 1. The van der Waals surface area contributed by atoms with Crippen molar-refractivity contribution >= 4 is 10.0 Å². The van der Waals surface area contributed by atoms with Gasteiger partial charge >= 0.3 is 0 Å². The van der Waals surface area contributed by atoms with Gasteiger partial charge in [-0.3, -0.25) is 0 Å². The molecular weight excluding hydrogens is 310 g/mol. The highest BCUT2D eigenvalue weighted by atomic mass is 32.2. The van der Waals surface area contributed by atoms with E-state index in [1.165, 1.54) is 26.3 Å². The summed E-state index contributed by atoms with van der Waals surface area (Å²) in [7, 11) is 2.33. The molecule has 0 bridgehead atoms. The topological polar surface area (TPSA) is 61.4 Å². The average Bonchev–Trinajstić information content (AvgIpc) is 2.55. The molecule has 0 amide bonds. The van der Waals surface area contributed by atoms with Crippen LogP contribution >= 0.6 is 0 Å². The van der Waals surface area contributed by atoms with Gasteiger partial charge in [-0.05, 0) is 65.0 Å². The van der Waals surface area contributed by atoms with E-state index < -0.39 is 10.0 Å². The summed E-state index contributed by atoms with van der Waals surface area (Å²) >= 11 is 0. The molecule has 23 heavy (non-hydrogen) atoms. The van der Waals surface area contributed by atoms with E-state index in [4.69, 9.17) is 0 Å². The molecule has 1 aromatic rings. The molecule has 3 atom stereocenters. The van der Waals surface area contributed by atoms with Gasteiger partial charge in [-0.15, -0.1) is 0 Å². The highest BCUT2D eigenvalue weighted by Gasteiger charge is 2.24. The van der Waals surface area contributed by atoms with Crippen molar-refractivity contribution in [2.75, 3.05) is 21.1 Å². The van der Waals surface area contributed by atoms with Crippen LogP contribution in [0.3, 0.4) is 0 Å². The quantitative estimate of drug-likeness (QED) is 0.833. The monoisotopic (exact) mass is 339 g/mol. The Balaban J connectivity index is 2.06. The SMILES string of the molecule is CNS(=O)(=O)c1cccc([C@H](C)N[C@@H]2CCC[C@@H](N(C)C)C2)c1. The Hall–Kier alpha value is -0.950. The van der Waals surface area contributed by atoms with Crippen molar-refractivity contribution in [2.24, 2.45) is 0 Å². The Kier molecular flexibility index (Phi) is 6.19. The third-order valence-corrected chi connectivity index (χ3v) is 6.21. The molecule has 0 heterocycles. The fraction of sp³-hybridized carbons (Fsp3) is 0.647. The normalized spacial score (nSPS) is 23.9. The molecule has 0 aromatic heterocycles. The van der Waals surface area contributed by atoms with Gasteiger partial charge < -0.3 is 10.2 Å². The van der Waals surface area contributed by atoms with Crippen LogP contribution in [0, 0.1) is 0 Å². The van der Waals surface area contributed by atoms with E-state index in [2.05, 4.69) is 36.0 Å². The van der Waals surface area contributed by atoms with Gasteiger partial charge in [0.15, 0.2) is 0 Å². The first-order chi connectivity index (χ1) is 10.8. The van der Waals surface area contributed by atoms with Crippen LogP contribution in [0.25, 0.3) is 0 Å². The van der Waals surface area contributed by atoms with Gasteiger partial charge in [-0.1, -0.05) is 18.6 Å². The number of rotatable bonds is 6. The fourth-order valence-electron chi connectivity index (χ4n) is 3.30. The zero-order valence-electron chi connectivity index (χ0n) is 14.5. The number of nitrogens with zero attached hydrogens (tertiary/aromatic N) is 1. The lowest BCUT2D eigenvalue weighted by Gasteiger charge is -2.35. The average molecular weight is 340 g/mol. The Morgan fingerprint density at radius 3 is 2.65 bits per heavy atom. The van der Waals surface area contributed by atoms with Crippen molar-refractivity contribution in [3.63, 3.8) is 0 Å². The van der Waals surface area contributed by atoms with E-state index in [-0.39, 0.29) is 6.04 Å². The van der Waals surface area contributed by atoms with Crippen molar-refractivity contribution in [3.05, 3.63) is 29.8 Å². The summed E-state index contributed by atoms with van der Waals surface area (Å²) in [5.41, 5.74) is 1.01. The molecule has 5 nitrogen and oxygen atoms in total. The van der Waals surface area contributed by atoms with Crippen molar-refractivity contribution in [3.8, 4) is 0 Å². The molecule has 0 radical (unpaired) electrons. The molecule has 1 aliphatic rings. The van der Waals surface area contributed by atoms with E-state index in [0.29, 0.717) is 17.0 Å². The zero-order valence-corrected chi connectivity index (χ0v) is 15.4. The maximum absolute atomic E-state index is 11.9. The Morgan fingerprint density at radius 1 is 1.26 bits per heavy atom. The lowest BCUT2D eigenvalue weighted by atomic mass is 9.89. The van der Waals surface area contributed by atoms with Gasteiger partial charge in [0.05, 0.1) is 4.90 Å². The highest BCUT2D eigenvalue weighted by Crippen LogP contribution is 2.25. The Labute approximate surface area is 140 Å². The molecule has 1 aliphatic carbocycles. The second-order valence-corrected chi connectivity index (χ2v) is 8.54. The molecular formula is C17H29N3O2S. The van der Waals surface area contributed by atoms with E-state index in [1.54, 1.807) is 18.2 Å². The van der Waals surface area contributed by atoms with Gasteiger partial charge in [0.2, 0.25) is 10.0 Å². The van der Waals surface area contributed by atoms with Crippen LogP contribution in [0.5, 0.6) is 0 Å². The summed E-state index contributed by atoms with van der Waals surface area (Å²) in [6.45, 7) is 2.10. The third kappa shape index (κ3) is 4.76. The Morgan fingerprint density at radius 2 is 2.00 bits per heavy atom. The van der Waals surface area contributed by atoms with Crippen LogP contribution < -0.4 is 10.0 Å². The smallest absolute Gasteiger partial charge is 0.240 e. The molecule has 0 unspecified atom stereocenters. The van der Waals surface area contributed by atoms with Crippen LogP contribution in [0.1, 0.15) is 44.2 Å². The molecule has 130 valence electrons. The number of benzene rings is 1. The maximum Gasteiger partial charge on any atom is 0.240 e. The summed E-state index contributed by atoms with van der Waals surface area (Å²) in [6, 6.07) is 8.42. The number of nitrogens with one attached hydrogen (secondary N) is 2. The Bertz CT molecular complexity index is 616. The molecule has 1 fully saturated rings. The second kappa shape index (κ2) is 7.75. The number of hydrogen-bond donors (Lipinski definition) is 2. The lowest BCUT2D eigenvalue weighted by molar-refractivity contribution is 0.193. The summed E-state index contributed by atoms with van der Waals surface area (Å²) < 4.78 is 26.3. The van der Waals surface area contributed by atoms with E-state index in [9.17, 15) is 8.42 Å². The van der Waals surface area contributed by atoms with Crippen molar-refractivity contribution in [1.29, 1.82) is 0 Å². The van der Waals surface area contributed by atoms with Crippen LogP contribution in [0.4, 0.5) is 0 Å².